The topological polar surface area (TPSA) is 55.8 Å². The van der Waals surface area contributed by atoms with Crippen molar-refractivity contribution in [1.29, 1.82) is 0 Å². The number of aliphatic hydroxyl groups is 1. The SMILES string of the molecule is C[C@@H]1CC[C@@]2(OC1)O[C@H]1C[C@H]3[C@@H]4CC(=O)[C@H]5C[C@@H](O)CC[C@]5(C)[C@H]4CC[C@]3(C)[C@H]1[C@@H]2C. The Balaban J connectivity index is 1.28. The van der Waals surface area contributed by atoms with Crippen LogP contribution in [0.4, 0.5) is 0 Å². The summed E-state index contributed by atoms with van der Waals surface area (Å²) < 4.78 is 13.3. The molecule has 4 heteroatoms. The standard InChI is InChI=1S/C27H42O4/c1-15-5-10-27(30-14-15)16(2)24-23(31-27)13-20-18-12-22(29)21-11-17(28)6-8-25(21,3)19(18)7-9-26(20,24)4/h15-21,23-24,28H,5-14H2,1-4H3/t15-,16+,17+,18-,19+,20+,21-,23+,24+,25-,26+,27-/m1/s1. The first kappa shape index (κ1) is 21.1. The van der Waals surface area contributed by atoms with Gasteiger partial charge in [0.15, 0.2) is 5.79 Å². The van der Waals surface area contributed by atoms with E-state index < -0.39 is 0 Å². The van der Waals surface area contributed by atoms with Crippen LogP contribution in [0.2, 0.25) is 0 Å². The van der Waals surface area contributed by atoms with Crippen LogP contribution in [0.15, 0.2) is 0 Å². The van der Waals surface area contributed by atoms with Crippen molar-refractivity contribution in [2.24, 2.45) is 52.3 Å². The van der Waals surface area contributed by atoms with Crippen LogP contribution in [0, 0.1) is 52.3 Å². The van der Waals surface area contributed by atoms with Gasteiger partial charge in [0, 0.05) is 24.7 Å². The maximum atomic E-state index is 13.3. The van der Waals surface area contributed by atoms with Crippen LogP contribution in [0.3, 0.4) is 0 Å². The Kier molecular flexibility index (Phi) is 4.62. The monoisotopic (exact) mass is 430 g/mol. The van der Waals surface area contributed by atoms with E-state index in [1.165, 1.54) is 19.3 Å². The zero-order valence-electron chi connectivity index (χ0n) is 19.9. The molecule has 0 aromatic rings. The van der Waals surface area contributed by atoms with E-state index in [0.717, 1.165) is 38.7 Å². The Bertz CT molecular complexity index is 756. The van der Waals surface area contributed by atoms with Crippen molar-refractivity contribution >= 4 is 5.78 Å². The fraction of sp³-hybridized carbons (Fsp3) is 0.963. The van der Waals surface area contributed by atoms with Crippen LogP contribution in [0.5, 0.6) is 0 Å². The van der Waals surface area contributed by atoms with E-state index in [0.29, 0.717) is 53.8 Å². The smallest absolute Gasteiger partial charge is 0.171 e. The number of hydrogen-bond acceptors (Lipinski definition) is 4. The van der Waals surface area contributed by atoms with Gasteiger partial charge in [-0.05, 0) is 85.4 Å². The first-order valence-electron chi connectivity index (χ1n) is 13.2. The molecule has 6 rings (SSSR count). The fourth-order valence-electron chi connectivity index (χ4n) is 10.0. The first-order chi connectivity index (χ1) is 14.7. The van der Waals surface area contributed by atoms with Gasteiger partial charge in [-0.25, -0.2) is 0 Å². The summed E-state index contributed by atoms with van der Waals surface area (Å²) in [6, 6.07) is 0. The predicted molar refractivity (Wildman–Crippen MR) is 118 cm³/mol. The summed E-state index contributed by atoms with van der Waals surface area (Å²) in [5, 5.41) is 10.3. The van der Waals surface area contributed by atoms with Gasteiger partial charge in [-0.15, -0.1) is 0 Å². The number of carbonyl (C=O) groups excluding carboxylic acids is 1. The van der Waals surface area contributed by atoms with Crippen LogP contribution >= 0.6 is 0 Å². The number of ether oxygens (including phenoxy) is 2. The molecule has 4 aliphatic carbocycles. The van der Waals surface area contributed by atoms with Crippen LogP contribution < -0.4 is 0 Å². The lowest BCUT2D eigenvalue weighted by Gasteiger charge is -2.60. The largest absolute Gasteiger partial charge is 0.393 e. The number of Topliss-reactive ketones (excluding diaryl/α,β-unsaturated/α-hetero) is 1. The Labute approximate surface area is 187 Å². The van der Waals surface area contributed by atoms with E-state index in [1.807, 2.05) is 0 Å². The summed E-state index contributed by atoms with van der Waals surface area (Å²) in [6.45, 7) is 10.4. The molecule has 0 aromatic heterocycles. The maximum Gasteiger partial charge on any atom is 0.171 e. The average molecular weight is 431 g/mol. The number of aliphatic hydroxyl groups excluding tert-OH is 1. The number of ketones is 1. The van der Waals surface area contributed by atoms with Crippen molar-refractivity contribution in [3.05, 3.63) is 0 Å². The van der Waals surface area contributed by atoms with Gasteiger partial charge in [0.05, 0.1) is 18.8 Å². The summed E-state index contributed by atoms with van der Waals surface area (Å²) in [6.07, 6.45) is 9.21. The third-order valence-electron chi connectivity index (χ3n) is 11.7. The molecule has 0 aromatic carbocycles. The molecule has 4 nitrogen and oxygen atoms in total. The van der Waals surface area contributed by atoms with Gasteiger partial charge in [0.1, 0.15) is 5.78 Å². The highest BCUT2D eigenvalue weighted by molar-refractivity contribution is 5.83. The molecule has 6 aliphatic rings. The van der Waals surface area contributed by atoms with Gasteiger partial charge in [-0.1, -0.05) is 27.7 Å². The molecule has 6 fully saturated rings. The summed E-state index contributed by atoms with van der Waals surface area (Å²) in [4.78, 5) is 13.3. The van der Waals surface area contributed by atoms with Gasteiger partial charge in [-0.3, -0.25) is 4.79 Å². The summed E-state index contributed by atoms with van der Waals surface area (Å²) >= 11 is 0. The Morgan fingerprint density at radius 3 is 2.48 bits per heavy atom. The molecular weight excluding hydrogens is 388 g/mol. The second-order valence-corrected chi connectivity index (χ2v) is 13.1. The predicted octanol–water partition coefficient (Wildman–Crippen LogP) is 4.97. The van der Waals surface area contributed by atoms with Crippen LogP contribution in [-0.2, 0) is 14.3 Å². The van der Waals surface area contributed by atoms with Gasteiger partial charge >= 0.3 is 0 Å². The van der Waals surface area contributed by atoms with Crippen molar-refractivity contribution in [3.63, 3.8) is 0 Å². The number of rotatable bonds is 0. The lowest BCUT2D eigenvalue weighted by Crippen LogP contribution is -2.57. The highest BCUT2D eigenvalue weighted by atomic mass is 16.7. The molecule has 4 saturated carbocycles. The molecule has 2 saturated heterocycles. The van der Waals surface area contributed by atoms with Crippen molar-refractivity contribution in [3.8, 4) is 0 Å². The van der Waals surface area contributed by atoms with Crippen molar-refractivity contribution in [1.82, 2.24) is 0 Å². The average Bonchev–Trinajstić information content (AvgIpc) is 3.17. The molecule has 12 atom stereocenters. The van der Waals surface area contributed by atoms with E-state index in [9.17, 15) is 9.90 Å². The van der Waals surface area contributed by atoms with Crippen molar-refractivity contribution in [2.45, 2.75) is 103 Å². The molecule has 0 bridgehead atoms. The maximum absolute atomic E-state index is 13.3. The highest BCUT2D eigenvalue weighted by Crippen LogP contribution is 2.71. The Morgan fingerprint density at radius 1 is 0.968 bits per heavy atom. The molecule has 0 radical (unpaired) electrons. The van der Waals surface area contributed by atoms with Gasteiger partial charge in [0.25, 0.3) is 0 Å². The summed E-state index contributed by atoms with van der Waals surface area (Å²) in [5.41, 5.74) is 0.355. The summed E-state index contributed by atoms with van der Waals surface area (Å²) in [7, 11) is 0. The molecule has 0 amide bonds. The molecule has 1 spiro atoms. The molecule has 2 heterocycles. The quantitative estimate of drug-likeness (QED) is 0.589. The molecular formula is C27H42O4. The normalized spacial score (nSPS) is 60.9. The molecule has 1 N–H and O–H groups in total. The van der Waals surface area contributed by atoms with E-state index in [1.54, 1.807) is 0 Å². The molecule has 0 unspecified atom stereocenters. The van der Waals surface area contributed by atoms with Gasteiger partial charge in [0.2, 0.25) is 0 Å². The third-order valence-corrected chi connectivity index (χ3v) is 11.7. The van der Waals surface area contributed by atoms with Crippen LogP contribution in [-0.4, -0.2) is 35.5 Å². The van der Waals surface area contributed by atoms with Gasteiger partial charge < -0.3 is 14.6 Å². The van der Waals surface area contributed by atoms with E-state index in [-0.39, 0.29) is 28.6 Å². The lowest BCUT2D eigenvalue weighted by molar-refractivity contribution is -0.273. The Morgan fingerprint density at radius 2 is 1.74 bits per heavy atom. The number of carbonyl (C=O) groups is 1. The molecule has 174 valence electrons. The Hall–Kier alpha value is -0.450. The van der Waals surface area contributed by atoms with Gasteiger partial charge in [-0.2, -0.15) is 0 Å². The summed E-state index contributed by atoms with van der Waals surface area (Å²) in [5.74, 6) is 3.53. The fourth-order valence-corrected chi connectivity index (χ4v) is 10.0. The zero-order chi connectivity index (χ0) is 21.8. The zero-order valence-corrected chi connectivity index (χ0v) is 19.9. The van der Waals surface area contributed by atoms with Crippen LogP contribution in [0.1, 0.15) is 85.5 Å². The molecule has 2 aliphatic heterocycles. The van der Waals surface area contributed by atoms with E-state index in [2.05, 4.69) is 27.7 Å². The second-order valence-electron chi connectivity index (χ2n) is 13.1. The van der Waals surface area contributed by atoms with Crippen molar-refractivity contribution in [2.75, 3.05) is 6.61 Å². The number of fused-ring (bicyclic) bond motifs is 7. The van der Waals surface area contributed by atoms with E-state index in [4.69, 9.17) is 9.47 Å². The highest BCUT2D eigenvalue weighted by Gasteiger charge is 2.69. The second kappa shape index (κ2) is 6.79. The minimum absolute atomic E-state index is 0.0823. The van der Waals surface area contributed by atoms with Crippen LogP contribution in [0.25, 0.3) is 0 Å². The number of hydrogen-bond donors (Lipinski definition) is 1. The third kappa shape index (κ3) is 2.74. The molecule has 31 heavy (non-hydrogen) atoms. The lowest BCUT2D eigenvalue weighted by atomic mass is 9.44. The minimum atomic E-state index is -0.356. The van der Waals surface area contributed by atoms with E-state index >= 15 is 0 Å². The first-order valence-corrected chi connectivity index (χ1v) is 13.2. The van der Waals surface area contributed by atoms with Crippen molar-refractivity contribution < 1.29 is 19.4 Å². The minimum Gasteiger partial charge on any atom is -0.393 e.